The molecule has 6 nitrogen and oxygen atoms in total. The van der Waals surface area contributed by atoms with E-state index in [0.717, 1.165) is 74.0 Å². The van der Waals surface area contributed by atoms with Crippen LogP contribution in [-0.4, -0.2) is 72.4 Å². The van der Waals surface area contributed by atoms with Gasteiger partial charge in [0.05, 0.1) is 31.8 Å². The number of hydrogen-bond acceptors (Lipinski definition) is 4. The van der Waals surface area contributed by atoms with Crippen LogP contribution >= 0.6 is 0 Å². The molecule has 2 saturated heterocycles. The summed E-state index contributed by atoms with van der Waals surface area (Å²) in [6, 6.07) is 18.5. The number of aliphatic hydroxyl groups excluding tert-OH is 1. The number of likely N-dealkylation sites (tertiary alicyclic amines) is 1. The van der Waals surface area contributed by atoms with Gasteiger partial charge in [0.1, 0.15) is 11.9 Å². The van der Waals surface area contributed by atoms with Crippen molar-refractivity contribution in [2.75, 3.05) is 26.7 Å². The molecule has 49 heavy (non-hydrogen) atoms. The van der Waals surface area contributed by atoms with Gasteiger partial charge in [0.25, 0.3) is 5.91 Å². The van der Waals surface area contributed by atoms with Crippen LogP contribution in [0.25, 0.3) is 5.76 Å². The summed E-state index contributed by atoms with van der Waals surface area (Å²) in [5.74, 6) is -1.38. The van der Waals surface area contributed by atoms with Crippen LogP contribution in [0.2, 0.25) is 0 Å². The van der Waals surface area contributed by atoms with Gasteiger partial charge in [-0.3, -0.25) is 4.79 Å². The number of methoxy groups -OCH3 is 1. The number of aryl methyl sites for hydroxylation is 1. The number of allylic oxidation sites excluding steroid dienone is 1. The third kappa shape index (κ3) is 5.38. The highest BCUT2D eigenvalue weighted by molar-refractivity contribution is 6.01. The Kier molecular flexibility index (Phi) is 8.12. The average molecular weight is 676 g/mol. The topological polar surface area (TPSA) is 67.8 Å². The van der Waals surface area contributed by atoms with Gasteiger partial charge in [0.15, 0.2) is 11.3 Å². The molecule has 2 aromatic carbocycles. The first-order chi connectivity index (χ1) is 23.6. The Morgan fingerprint density at radius 3 is 2.49 bits per heavy atom. The fraction of sp³-hybridized carbons (Fsp3) is 0.525. The fourth-order valence-corrected chi connectivity index (χ4v) is 10.5. The highest BCUT2D eigenvalue weighted by Gasteiger charge is 2.71. The van der Waals surface area contributed by atoms with Crippen LogP contribution in [0.15, 0.2) is 89.5 Å². The van der Waals surface area contributed by atoms with Gasteiger partial charge in [0.2, 0.25) is 0 Å². The number of rotatable bonds is 10. The highest BCUT2D eigenvalue weighted by Crippen LogP contribution is 2.67. The lowest BCUT2D eigenvalue weighted by Crippen LogP contribution is -2.71. The maximum atomic E-state index is 14.5. The third-order valence-electron chi connectivity index (χ3n) is 12.8. The van der Waals surface area contributed by atoms with Crippen molar-refractivity contribution in [1.29, 1.82) is 0 Å². The van der Waals surface area contributed by atoms with E-state index in [9.17, 15) is 23.1 Å². The second kappa shape index (κ2) is 12.1. The minimum Gasteiger partial charge on any atom is -0.506 e. The van der Waals surface area contributed by atoms with Gasteiger partial charge < -0.3 is 24.4 Å². The van der Waals surface area contributed by atoms with Crippen LogP contribution in [0.3, 0.4) is 0 Å². The van der Waals surface area contributed by atoms with Crippen molar-refractivity contribution >= 4 is 11.7 Å². The lowest BCUT2D eigenvalue weighted by molar-refractivity contribution is -0.964. The average Bonchev–Trinajstić information content (AvgIpc) is 3.84. The molecule has 2 aromatic rings. The molecule has 260 valence electrons. The second-order valence-corrected chi connectivity index (χ2v) is 15.3. The van der Waals surface area contributed by atoms with Crippen LogP contribution in [0.5, 0.6) is 0 Å². The Hall–Kier alpha value is -3.40. The Morgan fingerprint density at radius 1 is 1.06 bits per heavy atom. The monoisotopic (exact) mass is 675 g/mol. The second-order valence-electron chi connectivity index (χ2n) is 15.3. The lowest BCUT2D eigenvalue weighted by Gasteiger charge is -2.63. The smallest absolute Gasteiger partial charge is 0.425 e. The quantitative estimate of drug-likeness (QED) is 0.119. The van der Waals surface area contributed by atoms with Gasteiger partial charge in [-0.15, -0.1) is 0 Å². The van der Waals surface area contributed by atoms with Gasteiger partial charge in [0, 0.05) is 49.2 Å². The Labute approximate surface area is 286 Å². The number of hydrogen-bond donors (Lipinski definition) is 2. The van der Waals surface area contributed by atoms with Crippen molar-refractivity contribution in [3.63, 3.8) is 0 Å². The molecular formula is C40H46F3N2O4+. The normalized spacial score (nSPS) is 35.1. The Bertz CT molecular complexity index is 1690. The van der Waals surface area contributed by atoms with E-state index < -0.39 is 35.2 Å². The number of amides is 1. The zero-order valence-electron chi connectivity index (χ0n) is 28.1. The van der Waals surface area contributed by atoms with Crippen LogP contribution in [-0.2, 0) is 20.7 Å². The molecule has 6 aliphatic rings. The summed E-state index contributed by atoms with van der Waals surface area (Å²) in [5, 5.41) is 13.4. The predicted molar refractivity (Wildman–Crippen MR) is 180 cm³/mol. The molecule has 1 spiro atoms. The van der Waals surface area contributed by atoms with Crippen molar-refractivity contribution < 1.29 is 37.0 Å². The summed E-state index contributed by atoms with van der Waals surface area (Å²) in [6.45, 7) is 3.44. The molecule has 2 N–H and O–H groups in total. The van der Waals surface area contributed by atoms with Crippen LogP contribution in [0.1, 0.15) is 62.5 Å². The van der Waals surface area contributed by atoms with E-state index in [1.807, 2.05) is 6.08 Å². The number of carbonyl (C=O) groups is 1. The summed E-state index contributed by atoms with van der Waals surface area (Å²) in [6.07, 6.45) is 7.48. The number of nitrogens with one attached hydrogen (secondary N) is 1. The number of piperidine rings is 1. The minimum absolute atomic E-state index is 0.0850. The van der Waals surface area contributed by atoms with Gasteiger partial charge in [-0.1, -0.05) is 73.2 Å². The van der Waals surface area contributed by atoms with E-state index >= 15 is 0 Å². The molecule has 3 unspecified atom stereocenters. The summed E-state index contributed by atoms with van der Waals surface area (Å²) < 4.78 is 57.5. The number of ether oxygens (including phenoxy) is 2. The molecule has 4 aliphatic carbocycles. The van der Waals surface area contributed by atoms with E-state index in [1.165, 1.54) is 61.9 Å². The maximum Gasteiger partial charge on any atom is 0.425 e. The molecule has 2 heterocycles. The Morgan fingerprint density at radius 2 is 1.80 bits per heavy atom. The van der Waals surface area contributed by atoms with Gasteiger partial charge in [-0.05, 0) is 54.9 Å². The molecule has 0 aromatic heterocycles. The molecular weight excluding hydrogens is 629 g/mol. The van der Waals surface area contributed by atoms with Crippen LogP contribution in [0, 0.1) is 17.3 Å². The minimum atomic E-state index is -5.11. The molecule has 2 aliphatic heterocycles. The first kappa shape index (κ1) is 32.8. The van der Waals surface area contributed by atoms with Crippen molar-refractivity contribution in [3.05, 3.63) is 101 Å². The number of carbonyl (C=O) groups excluding carboxylic acids is 1. The largest absolute Gasteiger partial charge is 0.506 e. The van der Waals surface area contributed by atoms with E-state index in [1.54, 1.807) is 12.1 Å². The molecule has 2 bridgehead atoms. The number of halogens is 3. The fourth-order valence-electron chi connectivity index (χ4n) is 10.5. The summed E-state index contributed by atoms with van der Waals surface area (Å²) in [5.41, 5.74) is 0.0860. The third-order valence-corrected chi connectivity index (χ3v) is 12.8. The molecule has 7 atom stereocenters. The first-order valence-electron chi connectivity index (χ1n) is 18.0. The van der Waals surface area contributed by atoms with E-state index in [-0.39, 0.29) is 17.1 Å². The lowest BCUT2D eigenvalue weighted by atomic mass is 9.50. The van der Waals surface area contributed by atoms with Gasteiger partial charge in [-0.2, -0.15) is 13.2 Å². The molecule has 0 radical (unpaired) electrons. The Balaban J connectivity index is 1.13. The molecule has 1 amide bonds. The number of nitrogens with zero attached hydrogens (tertiary/aromatic N) is 1. The number of aliphatic hydroxyl groups is 1. The predicted octanol–water partition coefficient (Wildman–Crippen LogP) is 7.43. The summed E-state index contributed by atoms with van der Waals surface area (Å²) in [4.78, 5) is 13.7. The van der Waals surface area contributed by atoms with E-state index in [4.69, 9.17) is 9.47 Å². The summed E-state index contributed by atoms with van der Waals surface area (Å²) >= 11 is 0. The first-order valence-corrected chi connectivity index (χ1v) is 18.0. The zero-order chi connectivity index (χ0) is 34.0. The van der Waals surface area contributed by atoms with Gasteiger partial charge in [-0.25, -0.2) is 0 Å². The SMILES string of the molecule is COC1(NC(=O)C(=C(O)c2ccccc2)C(F)(F)F)C=CC2=C3C1O[C@H]1CCC[C@H]4[C@@H](C2)[N+](CCCc2ccccc2)(CC2CC2)CC[C@]314. The van der Waals surface area contributed by atoms with Gasteiger partial charge >= 0.3 is 6.18 Å². The van der Waals surface area contributed by atoms with E-state index in [0.29, 0.717) is 12.0 Å². The van der Waals surface area contributed by atoms with Crippen molar-refractivity contribution in [2.24, 2.45) is 17.3 Å². The summed E-state index contributed by atoms with van der Waals surface area (Å²) in [7, 11) is 1.40. The molecule has 4 fully saturated rings. The number of benzene rings is 2. The van der Waals surface area contributed by atoms with Crippen molar-refractivity contribution in [1.82, 2.24) is 5.32 Å². The number of alkyl halides is 3. The molecule has 8 rings (SSSR count). The zero-order valence-corrected chi connectivity index (χ0v) is 28.1. The van der Waals surface area contributed by atoms with Crippen molar-refractivity contribution in [3.8, 4) is 0 Å². The molecule has 9 heteroatoms. The maximum absolute atomic E-state index is 14.5. The molecule has 2 saturated carbocycles. The van der Waals surface area contributed by atoms with E-state index in [2.05, 4.69) is 35.6 Å². The number of quaternary nitrogens is 1. The highest BCUT2D eigenvalue weighted by atomic mass is 19.4. The van der Waals surface area contributed by atoms with Crippen LogP contribution < -0.4 is 5.32 Å². The van der Waals surface area contributed by atoms with Crippen molar-refractivity contribution in [2.45, 2.75) is 87.9 Å². The standard InChI is InChI=1S/C40H45F3N2O4/c1-48-39(44-37(47)34(40(41,42)43)35(46)28-13-6-3-7-14-28)20-19-29-24-31-30-15-8-16-32-38(30,33(29)36(39)49-32)21-23-45(31,25-27-17-18-27)22-9-12-26-10-4-2-5-11-26/h2-7,10-11,13-14,19-20,27,30-32,36H,8-9,12,15-18,21-25H2,1H3,(H-,44,46,47)/p+1/t30-,31+,32-,36?,38+,39?,45?/m0/s1. The van der Waals surface area contributed by atoms with Crippen LogP contribution in [0.4, 0.5) is 13.2 Å².